The van der Waals surface area contributed by atoms with Gasteiger partial charge in [0.2, 0.25) is 0 Å². The summed E-state index contributed by atoms with van der Waals surface area (Å²) < 4.78 is 0. The van der Waals surface area contributed by atoms with E-state index in [4.69, 9.17) is 0 Å². The molecule has 0 N–H and O–H groups in total. The normalized spacial score (nSPS) is 51.7. The smallest absolute Gasteiger partial charge is 0.133 e. The molecule has 8 atom stereocenters. The maximum Gasteiger partial charge on any atom is 0.133 e. The van der Waals surface area contributed by atoms with Crippen LogP contribution in [0.1, 0.15) is 91.4 Å². The van der Waals surface area contributed by atoms with Crippen molar-refractivity contribution in [1.29, 1.82) is 0 Å². The van der Waals surface area contributed by atoms with E-state index in [0.717, 1.165) is 35.5 Å². The van der Waals surface area contributed by atoms with Crippen LogP contribution in [0, 0.1) is 46.8 Å². The Balaban J connectivity index is 1.59. The first kappa shape index (κ1) is 17.1. The van der Waals surface area contributed by atoms with Crippen molar-refractivity contribution in [2.75, 3.05) is 0 Å². The Morgan fingerprint density at radius 2 is 1.67 bits per heavy atom. The highest BCUT2D eigenvalue weighted by Crippen LogP contribution is 2.63. The molecule has 0 spiro atoms. The third-order valence-corrected chi connectivity index (χ3v) is 9.25. The van der Waals surface area contributed by atoms with Crippen molar-refractivity contribution in [2.24, 2.45) is 46.8 Å². The molecule has 0 aromatic heterocycles. The van der Waals surface area contributed by atoms with Crippen LogP contribution in [0.4, 0.5) is 0 Å². The van der Waals surface area contributed by atoms with E-state index in [0.29, 0.717) is 17.1 Å². The minimum Gasteiger partial charge on any atom is -0.300 e. The average Bonchev–Trinajstić information content (AvgIpc) is 2.71. The average molecular weight is 331 g/mol. The van der Waals surface area contributed by atoms with E-state index in [2.05, 4.69) is 13.8 Å². The summed E-state index contributed by atoms with van der Waals surface area (Å²) in [5.41, 5.74) is 0.613. The Morgan fingerprint density at radius 3 is 2.46 bits per heavy atom. The first-order valence-corrected chi connectivity index (χ1v) is 11.0. The zero-order valence-electron chi connectivity index (χ0n) is 16.2. The van der Waals surface area contributed by atoms with Crippen LogP contribution in [0.2, 0.25) is 0 Å². The number of hydrogen-bond acceptors (Lipinski definition) is 1. The molecule has 4 saturated carbocycles. The predicted octanol–water partition coefficient (Wildman–Crippen LogP) is 6.26. The summed E-state index contributed by atoms with van der Waals surface area (Å²) in [5, 5.41) is 0. The third kappa shape index (κ3) is 2.69. The molecule has 1 heteroatoms. The topological polar surface area (TPSA) is 17.1 Å². The Hall–Kier alpha value is -0.330. The lowest BCUT2D eigenvalue weighted by Crippen LogP contribution is -2.51. The number of carbonyl (C=O) groups is 1. The third-order valence-electron chi connectivity index (χ3n) is 9.25. The van der Waals surface area contributed by atoms with Gasteiger partial charge in [-0.1, -0.05) is 33.1 Å². The molecule has 0 amide bonds. The van der Waals surface area contributed by atoms with Crippen molar-refractivity contribution in [2.45, 2.75) is 91.4 Å². The van der Waals surface area contributed by atoms with E-state index in [1.54, 1.807) is 0 Å². The summed E-state index contributed by atoms with van der Waals surface area (Å²) in [6.07, 6.45) is 15.6. The van der Waals surface area contributed by atoms with Crippen molar-refractivity contribution >= 4 is 5.78 Å². The molecule has 0 aliphatic heterocycles. The van der Waals surface area contributed by atoms with Gasteiger partial charge in [-0.15, -0.1) is 0 Å². The van der Waals surface area contributed by atoms with Crippen LogP contribution >= 0.6 is 0 Å². The Bertz CT molecular complexity index is 482. The molecule has 0 heterocycles. The molecule has 8 unspecified atom stereocenters. The minimum absolute atomic E-state index is 0.407. The Labute approximate surface area is 149 Å². The quantitative estimate of drug-likeness (QED) is 0.554. The largest absolute Gasteiger partial charge is 0.300 e. The Morgan fingerprint density at radius 1 is 0.875 bits per heavy atom. The second-order valence-electron chi connectivity index (χ2n) is 10.3. The van der Waals surface area contributed by atoms with E-state index >= 15 is 0 Å². The van der Waals surface area contributed by atoms with Gasteiger partial charge in [0.05, 0.1) is 0 Å². The molecule has 136 valence electrons. The molecule has 4 aliphatic carbocycles. The van der Waals surface area contributed by atoms with E-state index in [1.807, 2.05) is 6.92 Å². The molecular formula is C23H38O. The van der Waals surface area contributed by atoms with Gasteiger partial charge in [-0.2, -0.15) is 0 Å². The molecule has 4 rings (SSSR count). The van der Waals surface area contributed by atoms with Crippen molar-refractivity contribution < 1.29 is 4.79 Å². The lowest BCUT2D eigenvalue weighted by Gasteiger charge is -2.59. The van der Waals surface area contributed by atoms with Crippen LogP contribution in [-0.2, 0) is 4.79 Å². The molecular weight excluding hydrogens is 292 g/mol. The lowest BCUT2D eigenvalue weighted by molar-refractivity contribution is -0.132. The van der Waals surface area contributed by atoms with Gasteiger partial charge in [0.25, 0.3) is 0 Å². The lowest BCUT2D eigenvalue weighted by atomic mass is 9.46. The first-order valence-electron chi connectivity index (χ1n) is 11.0. The van der Waals surface area contributed by atoms with Crippen molar-refractivity contribution in [3.05, 3.63) is 0 Å². The highest BCUT2D eigenvalue weighted by molar-refractivity contribution is 5.78. The standard InChI is InChI=1S/C23H38O/c1-15-6-5-13-23(3)17(14-15)9-10-21-19-8-4-7-18(16(2)24)20(19)11-12-22(21)23/h15,17-22H,4-14H2,1-3H3. The Kier molecular flexibility index (Phi) is 4.59. The van der Waals surface area contributed by atoms with E-state index in [-0.39, 0.29) is 0 Å². The summed E-state index contributed by atoms with van der Waals surface area (Å²) in [4.78, 5) is 12.2. The summed E-state index contributed by atoms with van der Waals surface area (Å²) in [7, 11) is 0. The van der Waals surface area contributed by atoms with Crippen LogP contribution in [0.25, 0.3) is 0 Å². The van der Waals surface area contributed by atoms with Crippen LogP contribution in [-0.4, -0.2) is 5.78 Å². The maximum atomic E-state index is 12.2. The molecule has 0 bridgehead atoms. The number of rotatable bonds is 1. The molecule has 24 heavy (non-hydrogen) atoms. The predicted molar refractivity (Wildman–Crippen MR) is 99.7 cm³/mol. The summed E-state index contributed by atoms with van der Waals surface area (Å²) >= 11 is 0. The van der Waals surface area contributed by atoms with Gasteiger partial charge in [-0.25, -0.2) is 0 Å². The number of hydrogen-bond donors (Lipinski definition) is 0. The molecule has 1 nitrogen and oxygen atoms in total. The van der Waals surface area contributed by atoms with Crippen molar-refractivity contribution in [3.8, 4) is 0 Å². The van der Waals surface area contributed by atoms with Gasteiger partial charge in [0, 0.05) is 5.92 Å². The molecule has 4 fully saturated rings. The van der Waals surface area contributed by atoms with E-state index < -0.39 is 0 Å². The number of Topliss-reactive ketones (excluding diaryl/α,β-unsaturated/α-hetero) is 1. The van der Waals surface area contributed by atoms with Crippen molar-refractivity contribution in [1.82, 2.24) is 0 Å². The van der Waals surface area contributed by atoms with Gasteiger partial charge in [-0.05, 0) is 99.2 Å². The summed E-state index contributed by atoms with van der Waals surface area (Å²) in [5.74, 6) is 6.36. The zero-order valence-corrected chi connectivity index (χ0v) is 16.2. The molecule has 0 aromatic rings. The monoisotopic (exact) mass is 330 g/mol. The second kappa shape index (κ2) is 6.44. The fourth-order valence-corrected chi connectivity index (χ4v) is 8.11. The minimum atomic E-state index is 0.407. The SMILES string of the molecule is CC(=O)C1CCCC2C1CCC1C2CCC2CC(C)CCCC21C. The molecule has 0 aromatic carbocycles. The highest BCUT2D eigenvalue weighted by Gasteiger charge is 2.54. The zero-order chi connectivity index (χ0) is 16.9. The van der Waals surface area contributed by atoms with Gasteiger partial charge in [-0.3, -0.25) is 4.79 Å². The van der Waals surface area contributed by atoms with Crippen LogP contribution in [0.3, 0.4) is 0 Å². The van der Waals surface area contributed by atoms with Gasteiger partial charge >= 0.3 is 0 Å². The fourth-order valence-electron chi connectivity index (χ4n) is 8.11. The van der Waals surface area contributed by atoms with Gasteiger partial charge < -0.3 is 0 Å². The highest BCUT2D eigenvalue weighted by atomic mass is 16.1. The van der Waals surface area contributed by atoms with Crippen LogP contribution < -0.4 is 0 Å². The number of fused-ring (bicyclic) bond motifs is 5. The first-order chi connectivity index (χ1) is 11.5. The van der Waals surface area contributed by atoms with Crippen LogP contribution in [0.15, 0.2) is 0 Å². The van der Waals surface area contributed by atoms with Crippen molar-refractivity contribution in [3.63, 3.8) is 0 Å². The molecule has 0 saturated heterocycles. The van der Waals surface area contributed by atoms with E-state index in [9.17, 15) is 4.79 Å². The number of ketones is 1. The van der Waals surface area contributed by atoms with E-state index in [1.165, 1.54) is 70.6 Å². The van der Waals surface area contributed by atoms with Gasteiger partial charge in [0.1, 0.15) is 5.78 Å². The summed E-state index contributed by atoms with van der Waals surface area (Å²) in [6.45, 7) is 7.04. The second-order valence-corrected chi connectivity index (χ2v) is 10.3. The van der Waals surface area contributed by atoms with Crippen LogP contribution in [0.5, 0.6) is 0 Å². The fraction of sp³-hybridized carbons (Fsp3) is 0.957. The maximum absolute atomic E-state index is 12.2. The number of carbonyl (C=O) groups excluding carboxylic acids is 1. The summed E-state index contributed by atoms with van der Waals surface area (Å²) in [6, 6.07) is 0. The van der Waals surface area contributed by atoms with Gasteiger partial charge in [0.15, 0.2) is 0 Å². The molecule has 0 radical (unpaired) electrons. The molecule has 4 aliphatic rings.